The summed E-state index contributed by atoms with van der Waals surface area (Å²) in [7, 11) is 1.62. The number of H-pyrrole nitrogens is 1. The quantitative estimate of drug-likeness (QED) is 0.774. The Morgan fingerprint density at radius 2 is 2.44 bits per heavy atom. The average Bonchev–Trinajstić information content (AvgIpc) is 2.82. The number of aromatic nitrogens is 3. The highest BCUT2D eigenvalue weighted by molar-refractivity contribution is 5.90. The summed E-state index contributed by atoms with van der Waals surface area (Å²) in [6, 6.07) is 0.160. The number of nitrogens with zero attached hydrogens (tertiary/aromatic N) is 3. The molecule has 0 radical (unpaired) electrons. The Morgan fingerprint density at radius 1 is 1.69 bits per heavy atom. The largest absolute Gasteiger partial charge is 0.383 e. The number of hydrogen-bond acceptors (Lipinski definition) is 4. The van der Waals surface area contributed by atoms with Gasteiger partial charge in [-0.25, -0.2) is 4.98 Å². The molecular weight excluding hydrogens is 208 g/mol. The van der Waals surface area contributed by atoms with E-state index in [1.807, 2.05) is 13.8 Å². The standard InChI is InChI=1S/C10H18N4O2/c1-4-8(2)14(5-6-16-3)10(15)9-11-7-12-13-9/h7-8H,4-6H2,1-3H3,(H,11,12,13). The highest BCUT2D eigenvalue weighted by atomic mass is 16.5. The molecule has 0 aliphatic rings. The summed E-state index contributed by atoms with van der Waals surface area (Å²) in [6.45, 7) is 5.12. The summed E-state index contributed by atoms with van der Waals surface area (Å²) in [5, 5.41) is 6.26. The van der Waals surface area contributed by atoms with Crippen LogP contribution in [0.25, 0.3) is 0 Å². The fraction of sp³-hybridized carbons (Fsp3) is 0.700. The van der Waals surface area contributed by atoms with Crippen LogP contribution >= 0.6 is 0 Å². The minimum Gasteiger partial charge on any atom is -0.383 e. The maximum atomic E-state index is 12.0. The van der Waals surface area contributed by atoms with Gasteiger partial charge in [0.2, 0.25) is 5.82 Å². The predicted octanol–water partition coefficient (Wildman–Crippen LogP) is 0.692. The van der Waals surface area contributed by atoms with Gasteiger partial charge in [-0.1, -0.05) is 6.92 Å². The zero-order valence-electron chi connectivity index (χ0n) is 9.93. The van der Waals surface area contributed by atoms with Gasteiger partial charge in [-0.2, -0.15) is 5.10 Å². The Morgan fingerprint density at radius 3 is 2.94 bits per heavy atom. The average molecular weight is 226 g/mol. The van der Waals surface area contributed by atoms with E-state index in [2.05, 4.69) is 15.2 Å². The van der Waals surface area contributed by atoms with Crippen molar-refractivity contribution in [3.8, 4) is 0 Å². The fourth-order valence-electron chi connectivity index (χ4n) is 1.38. The number of aromatic amines is 1. The minimum absolute atomic E-state index is 0.135. The van der Waals surface area contributed by atoms with Gasteiger partial charge in [0.1, 0.15) is 6.33 Å². The van der Waals surface area contributed by atoms with Crippen molar-refractivity contribution in [3.63, 3.8) is 0 Å². The molecule has 1 aromatic rings. The molecule has 6 nitrogen and oxygen atoms in total. The zero-order valence-corrected chi connectivity index (χ0v) is 9.93. The summed E-state index contributed by atoms with van der Waals surface area (Å²) in [4.78, 5) is 17.7. The molecule has 1 rings (SSSR count). The SMILES string of the molecule is CCC(C)N(CCOC)C(=O)c1ncn[nH]1. The van der Waals surface area contributed by atoms with Gasteiger partial charge in [0.25, 0.3) is 5.91 Å². The third kappa shape index (κ3) is 3.03. The van der Waals surface area contributed by atoms with Crippen molar-refractivity contribution in [1.82, 2.24) is 20.1 Å². The normalized spacial score (nSPS) is 12.4. The Balaban J connectivity index is 2.71. The van der Waals surface area contributed by atoms with Gasteiger partial charge in [-0.3, -0.25) is 9.89 Å². The van der Waals surface area contributed by atoms with E-state index in [-0.39, 0.29) is 17.8 Å². The van der Waals surface area contributed by atoms with Crippen LogP contribution in [0.4, 0.5) is 0 Å². The van der Waals surface area contributed by atoms with Crippen LogP contribution in [0.2, 0.25) is 0 Å². The van der Waals surface area contributed by atoms with Crippen LogP contribution in [0.3, 0.4) is 0 Å². The van der Waals surface area contributed by atoms with Gasteiger partial charge in [-0.15, -0.1) is 0 Å². The second-order valence-electron chi connectivity index (χ2n) is 3.58. The van der Waals surface area contributed by atoms with Crippen LogP contribution in [0.1, 0.15) is 30.9 Å². The van der Waals surface area contributed by atoms with Crippen molar-refractivity contribution in [2.24, 2.45) is 0 Å². The number of ether oxygens (including phenoxy) is 1. The van der Waals surface area contributed by atoms with Gasteiger partial charge in [-0.05, 0) is 13.3 Å². The van der Waals surface area contributed by atoms with Crippen molar-refractivity contribution in [1.29, 1.82) is 0 Å². The van der Waals surface area contributed by atoms with Crippen LogP contribution in [0, 0.1) is 0 Å². The first kappa shape index (κ1) is 12.6. The topological polar surface area (TPSA) is 71.1 Å². The molecule has 16 heavy (non-hydrogen) atoms. The lowest BCUT2D eigenvalue weighted by molar-refractivity contribution is 0.0602. The van der Waals surface area contributed by atoms with E-state index >= 15 is 0 Å². The van der Waals surface area contributed by atoms with E-state index in [9.17, 15) is 4.79 Å². The monoisotopic (exact) mass is 226 g/mol. The number of carbonyl (C=O) groups is 1. The molecule has 90 valence electrons. The number of methoxy groups -OCH3 is 1. The lowest BCUT2D eigenvalue weighted by Crippen LogP contribution is -2.41. The highest BCUT2D eigenvalue weighted by Crippen LogP contribution is 2.07. The first-order valence-electron chi connectivity index (χ1n) is 5.36. The summed E-state index contributed by atoms with van der Waals surface area (Å²) >= 11 is 0. The number of carbonyl (C=O) groups excluding carboxylic acids is 1. The molecule has 1 aromatic heterocycles. The Bertz CT molecular complexity index is 313. The lowest BCUT2D eigenvalue weighted by Gasteiger charge is -2.27. The molecule has 1 N–H and O–H groups in total. The number of rotatable bonds is 6. The Labute approximate surface area is 95.0 Å². The van der Waals surface area contributed by atoms with Crippen molar-refractivity contribution in [3.05, 3.63) is 12.2 Å². The first-order chi connectivity index (χ1) is 7.70. The third-order valence-corrected chi connectivity index (χ3v) is 2.54. The third-order valence-electron chi connectivity index (χ3n) is 2.54. The smallest absolute Gasteiger partial charge is 0.291 e. The highest BCUT2D eigenvalue weighted by Gasteiger charge is 2.21. The Kier molecular flexibility index (Phi) is 4.91. The van der Waals surface area contributed by atoms with E-state index in [0.717, 1.165) is 6.42 Å². The summed E-state index contributed by atoms with van der Waals surface area (Å²) in [6.07, 6.45) is 2.22. The predicted molar refractivity (Wildman–Crippen MR) is 59.0 cm³/mol. The molecule has 0 saturated heterocycles. The van der Waals surface area contributed by atoms with E-state index < -0.39 is 0 Å². The van der Waals surface area contributed by atoms with Crippen molar-refractivity contribution in [2.75, 3.05) is 20.3 Å². The first-order valence-corrected chi connectivity index (χ1v) is 5.36. The summed E-state index contributed by atoms with van der Waals surface area (Å²) in [5.74, 6) is 0.139. The Hall–Kier alpha value is -1.43. The minimum atomic E-state index is -0.135. The number of hydrogen-bond donors (Lipinski definition) is 1. The molecule has 0 saturated carbocycles. The van der Waals surface area contributed by atoms with Gasteiger partial charge in [0, 0.05) is 19.7 Å². The van der Waals surface area contributed by atoms with Crippen molar-refractivity contribution in [2.45, 2.75) is 26.3 Å². The molecule has 1 atom stereocenters. The molecule has 0 spiro atoms. The lowest BCUT2D eigenvalue weighted by atomic mass is 10.2. The maximum absolute atomic E-state index is 12.0. The molecular formula is C10H18N4O2. The molecule has 0 bridgehead atoms. The van der Waals surface area contributed by atoms with Gasteiger partial charge in [0.05, 0.1) is 6.61 Å². The van der Waals surface area contributed by atoms with E-state index in [0.29, 0.717) is 13.2 Å². The molecule has 6 heteroatoms. The molecule has 0 aliphatic carbocycles. The fourth-order valence-corrected chi connectivity index (χ4v) is 1.38. The van der Waals surface area contributed by atoms with Crippen molar-refractivity contribution < 1.29 is 9.53 Å². The van der Waals surface area contributed by atoms with Gasteiger partial charge >= 0.3 is 0 Å². The zero-order chi connectivity index (χ0) is 12.0. The second kappa shape index (κ2) is 6.22. The van der Waals surface area contributed by atoms with E-state index in [1.165, 1.54) is 6.33 Å². The van der Waals surface area contributed by atoms with Crippen LogP contribution in [0.15, 0.2) is 6.33 Å². The summed E-state index contributed by atoms with van der Waals surface area (Å²) in [5.41, 5.74) is 0. The van der Waals surface area contributed by atoms with E-state index in [4.69, 9.17) is 4.74 Å². The summed E-state index contributed by atoms with van der Waals surface area (Å²) < 4.78 is 4.99. The molecule has 1 heterocycles. The van der Waals surface area contributed by atoms with Crippen LogP contribution in [-0.4, -0.2) is 52.3 Å². The van der Waals surface area contributed by atoms with Crippen LogP contribution in [0.5, 0.6) is 0 Å². The molecule has 1 amide bonds. The number of nitrogens with one attached hydrogen (secondary N) is 1. The maximum Gasteiger partial charge on any atom is 0.291 e. The second-order valence-corrected chi connectivity index (χ2v) is 3.58. The number of amides is 1. The van der Waals surface area contributed by atoms with Gasteiger partial charge in [0.15, 0.2) is 0 Å². The molecule has 0 fully saturated rings. The van der Waals surface area contributed by atoms with E-state index in [1.54, 1.807) is 12.0 Å². The molecule has 0 aromatic carbocycles. The van der Waals surface area contributed by atoms with Crippen LogP contribution < -0.4 is 0 Å². The van der Waals surface area contributed by atoms with Gasteiger partial charge < -0.3 is 9.64 Å². The molecule has 1 unspecified atom stereocenters. The molecule has 0 aliphatic heterocycles. The van der Waals surface area contributed by atoms with Crippen molar-refractivity contribution >= 4 is 5.91 Å². The van der Waals surface area contributed by atoms with Crippen LogP contribution in [-0.2, 0) is 4.74 Å².